The molecular formula is C35H38N2O5. The standard InChI is InChI=1S/C31H34N2O.C4H4O4/c1-24-10-9-15-29(33-24)23-34-30-18-16-26(17-19-30)22-25(2)32-21-20-31(27-11-5-3-6-12-27)28-13-7-4-8-14-28;5-3(6)1-2-4(7)8/h3-19,25,31-32H,20-23H2,1-2H3;1-2H,(H,5,6)(H,7,8)/b;2-1-. The van der Waals surface area contributed by atoms with Crippen LogP contribution in [-0.4, -0.2) is 39.7 Å². The fourth-order valence-electron chi connectivity index (χ4n) is 4.50. The minimum absolute atomic E-state index is 0.399. The minimum Gasteiger partial charge on any atom is -0.487 e. The third-order valence-electron chi connectivity index (χ3n) is 6.50. The summed E-state index contributed by atoms with van der Waals surface area (Å²) in [6.45, 7) is 5.72. The SMILES string of the molecule is Cc1cccc(COc2ccc(CC(C)NCCC(c3ccccc3)c3ccccc3)cc2)n1.O=C(O)/C=C\C(=O)O. The van der Waals surface area contributed by atoms with Crippen molar-refractivity contribution in [3.8, 4) is 5.75 Å². The number of rotatable bonds is 13. The van der Waals surface area contributed by atoms with Gasteiger partial charge in [-0.05, 0) is 74.2 Å². The average Bonchev–Trinajstić information content (AvgIpc) is 2.99. The Hall–Kier alpha value is -4.75. The van der Waals surface area contributed by atoms with Crippen LogP contribution in [0.2, 0.25) is 0 Å². The van der Waals surface area contributed by atoms with E-state index >= 15 is 0 Å². The average molecular weight is 567 g/mol. The lowest BCUT2D eigenvalue weighted by Gasteiger charge is -2.20. The van der Waals surface area contributed by atoms with Gasteiger partial charge in [-0.1, -0.05) is 78.9 Å². The van der Waals surface area contributed by atoms with Crippen molar-refractivity contribution in [1.82, 2.24) is 10.3 Å². The third-order valence-corrected chi connectivity index (χ3v) is 6.50. The number of benzene rings is 3. The highest BCUT2D eigenvalue weighted by Crippen LogP contribution is 2.27. The molecule has 4 rings (SSSR count). The van der Waals surface area contributed by atoms with Crippen LogP contribution >= 0.6 is 0 Å². The maximum Gasteiger partial charge on any atom is 0.328 e. The maximum absolute atomic E-state index is 9.55. The fourth-order valence-corrected chi connectivity index (χ4v) is 4.50. The highest BCUT2D eigenvalue weighted by atomic mass is 16.5. The number of pyridine rings is 1. The predicted molar refractivity (Wildman–Crippen MR) is 165 cm³/mol. The second kappa shape index (κ2) is 17.1. The lowest BCUT2D eigenvalue weighted by molar-refractivity contribution is -0.134. The van der Waals surface area contributed by atoms with E-state index in [-0.39, 0.29) is 0 Å². The molecule has 7 heteroatoms. The number of carboxylic acid groups (broad SMARTS) is 2. The molecule has 3 N–H and O–H groups in total. The fraction of sp³-hybridized carbons (Fsp3) is 0.229. The van der Waals surface area contributed by atoms with E-state index < -0.39 is 11.9 Å². The van der Waals surface area contributed by atoms with Gasteiger partial charge < -0.3 is 20.3 Å². The van der Waals surface area contributed by atoms with E-state index in [4.69, 9.17) is 14.9 Å². The first-order valence-corrected chi connectivity index (χ1v) is 13.9. The first-order chi connectivity index (χ1) is 20.3. The molecule has 1 heterocycles. The topological polar surface area (TPSA) is 109 Å². The Labute approximate surface area is 247 Å². The molecule has 0 aliphatic carbocycles. The quantitative estimate of drug-likeness (QED) is 0.160. The molecule has 0 saturated heterocycles. The Bertz CT molecular complexity index is 1350. The molecule has 3 aromatic carbocycles. The summed E-state index contributed by atoms with van der Waals surface area (Å²) in [4.78, 5) is 23.6. The van der Waals surface area contributed by atoms with Gasteiger partial charge in [-0.25, -0.2) is 9.59 Å². The number of hydrogen-bond donors (Lipinski definition) is 3. The van der Waals surface area contributed by atoms with E-state index in [1.165, 1.54) is 16.7 Å². The van der Waals surface area contributed by atoms with Gasteiger partial charge in [-0.3, -0.25) is 4.98 Å². The van der Waals surface area contributed by atoms with Gasteiger partial charge in [0.05, 0.1) is 5.69 Å². The number of aliphatic carboxylic acids is 2. The molecule has 0 aliphatic rings. The van der Waals surface area contributed by atoms with Gasteiger partial charge in [0.2, 0.25) is 0 Å². The smallest absolute Gasteiger partial charge is 0.328 e. The van der Waals surface area contributed by atoms with Gasteiger partial charge in [0, 0.05) is 29.8 Å². The first kappa shape index (κ1) is 31.8. The maximum atomic E-state index is 9.55. The summed E-state index contributed by atoms with van der Waals surface area (Å²) in [5, 5.41) is 19.4. The molecule has 0 radical (unpaired) electrons. The summed E-state index contributed by atoms with van der Waals surface area (Å²) in [5.41, 5.74) is 6.02. The summed E-state index contributed by atoms with van der Waals surface area (Å²) < 4.78 is 5.90. The van der Waals surface area contributed by atoms with Gasteiger partial charge in [-0.2, -0.15) is 0 Å². The van der Waals surface area contributed by atoms with Crippen molar-refractivity contribution in [2.75, 3.05) is 6.54 Å². The molecule has 0 spiro atoms. The van der Waals surface area contributed by atoms with Crippen LogP contribution in [0, 0.1) is 6.92 Å². The Kier molecular flexibility index (Phi) is 13.0. The summed E-state index contributed by atoms with van der Waals surface area (Å²) in [5.74, 6) is -1.23. The molecule has 4 aromatic rings. The van der Waals surface area contributed by atoms with Crippen molar-refractivity contribution in [2.45, 2.75) is 45.3 Å². The predicted octanol–water partition coefficient (Wildman–Crippen LogP) is 6.42. The number of nitrogens with one attached hydrogen (secondary N) is 1. The van der Waals surface area contributed by atoms with Crippen molar-refractivity contribution in [3.63, 3.8) is 0 Å². The van der Waals surface area contributed by atoms with E-state index in [2.05, 4.69) is 102 Å². The lowest BCUT2D eigenvalue weighted by Crippen LogP contribution is -2.30. The van der Waals surface area contributed by atoms with Crippen molar-refractivity contribution >= 4 is 11.9 Å². The van der Waals surface area contributed by atoms with E-state index in [0.29, 0.717) is 30.7 Å². The van der Waals surface area contributed by atoms with Crippen LogP contribution in [0.15, 0.2) is 115 Å². The molecule has 0 fully saturated rings. The molecule has 1 atom stereocenters. The highest BCUT2D eigenvalue weighted by Gasteiger charge is 2.14. The van der Waals surface area contributed by atoms with E-state index in [0.717, 1.165) is 36.5 Å². The molecule has 7 nitrogen and oxygen atoms in total. The van der Waals surface area contributed by atoms with E-state index in [1.54, 1.807) is 0 Å². The number of nitrogens with zero attached hydrogens (tertiary/aromatic N) is 1. The summed E-state index contributed by atoms with van der Waals surface area (Å²) in [6, 6.07) is 36.5. The number of hydrogen-bond acceptors (Lipinski definition) is 5. The normalized spacial score (nSPS) is 11.5. The first-order valence-electron chi connectivity index (χ1n) is 13.9. The lowest BCUT2D eigenvalue weighted by atomic mass is 9.88. The molecular weight excluding hydrogens is 528 g/mol. The number of aryl methyl sites for hydroxylation is 1. The van der Waals surface area contributed by atoms with E-state index in [9.17, 15) is 9.59 Å². The van der Waals surface area contributed by atoms with Gasteiger partial charge in [0.25, 0.3) is 0 Å². The Morgan fingerprint density at radius 1 is 0.810 bits per heavy atom. The summed E-state index contributed by atoms with van der Waals surface area (Å²) >= 11 is 0. The third kappa shape index (κ3) is 11.8. The summed E-state index contributed by atoms with van der Waals surface area (Å²) in [7, 11) is 0. The van der Waals surface area contributed by atoms with Crippen molar-refractivity contribution in [2.24, 2.45) is 0 Å². The van der Waals surface area contributed by atoms with Gasteiger partial charge in [-0.15, -0.1) is 0 Å². The van der Waals surface area contributed by atoms with Gasteiger partial charge in [0.15, 0.2) is 0 Å². The zero-order chi connectivity index (χ0) is 30.2. The molecule has 1 unspecified atom stereocenters. The monoisotopic (exact) mass is 566 g/mol. The number of ether oxygens (including phenoxy) is 1. The molecule has 0 aliphatic heterocycles. The van der Waals surface area contributed by atoms with Crippen LogP contribution in [0.5, 0.6) is 5.75 Å². The van der Waals surface area contributed by atoms with E-state index in [1.807, 2.05) is 25.1 Å². The molecule has 1 aromatic heterocycles. The summed E-state index contributed by atoms with van der Waals surface area (Å²) in [6.07, 6.45) is 3.17. The second-order valence-corrected chi connectivity index (χ2v) is 9.93. The van der Waals surface area contributed by atoms with Crippen molar-refractivity contribution in [1.29, 1.82) is 0 Å². The molecule has 0 bridgehead atoms. The zero-order valence-corrected chi connectivity index (χ0v) is 24.0. The van der Waals surface area contributed by atoms with Gasteiger partial charge >= 0.3 is 11.9 Å². The number of carboxylic acids is 2. The zero-order valence-electron chi connectivity index (χ0n) is 24.0. The molecule has 218 valence electrons. The van der Waals surface area contributed by atoms with Crippen LogP contribution in [-0.2, 0) is 22.6 Å². The number of aromatic nitrogens is 1. The number of carbonyl (C=O) groups is 2. The molecule has 42 heavy (non-hydrogen) atoms. The highest BCUT2D eigenvalue weighted by molar-refractivity contribution is 5.89. The van der Waals surface area contributed by atoms with Crippen molar-refractivity contribution < 1.29 is 24.5 Å². The van der Waals surface area contributed by atoms with Crippen LogP contribution in [0.4, 0.5) is 0 Å². The molecule has 0 amide bonds. The van der Waals surface area contributed by atoms with Crippen LogP contribution in [0.3, 0.4) is 0 Å². The Morgan fingerprint density at radius 2 is 1.38 bits per heavy atom. The molecule has 0 saturated carbocycles. The minimum atomic E-state index is -1.26. The Balaban J connectivity index is 0.000000531. The second-order valence-electron chi connectivity index (χ2n) is 9.93. The van der Waals surface area contributed by atoms with Crippen LogP contribution < -0.4 is 10.1 Å². The van der Waals surface area contributed by atoms with Crippen LogP contribution in [0.1, 0.15) is 47.3 Å². The largest absolute Gasteiger partial charge is 0.487 e. The van der Waals surface area contributed by atoms with Crippen molar-refractivity contribution in [3.05, 3.63) is 143 Å². The van der Waals surface area contributed by atoms with Gasteiger partial charge in [0.1, 0.15) is 12.4 Å². The van der Waals surface area contributed by atoms with Crippen LogP contribution in [0.25, 0.3) is 0 Å². The Morgan fingerprint density at radius 3 is 1.90 bits per heavy atom.